The fraction of sp³-hybridized carbons (Fsp3) is 0.400. The van der Waals surface area contributed by atoms with Gasteiger partial charge in [-0.2, -0.15) is 0 Å². The number of rotatable bonds is 7. The van der Waals surface area contributed by atoms with Gasteiger partial charge in [0, 0.05) is 25.2 Å². The van der Waals surface area contributed by atoms with E-state index in [1.54, 1.807) is 0 Å². The molecule has 0 aliphatic carbocycles. The Hall–Kier alpha value is -2.60. The summed E-state index contributed by atoms with van der Waals surface area (Å²) in [5, 5.41) is 9.62. The molecule has 0 bridgehead atoms. The van der Waals surface area contributed by atoms with E-state index in [1.165, 1.54) is 22.9 Å². The smallest absolute Gasteiger partial charge is 0.233 e. The lowest BCUT2D eigenvalue weighted by molar-refractivity contribution is -0.129. The predicted octanol–water partition coefficient (Wildman–Crippen LogP) is 4.85. The molecule has 162 valence electrons. The van der Waals surface area contributed by atoms with Crippen molar-refractivity contribution < 1.29 is 4.79 Å². The maximum Gasteiger partial charge on any atom is 0.233 e. The van der Waals surface area contributed by atoms with Crippen molar-refractivity contribution in [2.24, 2.45) is 5.92 Å². The van der Waals surface area contributed by atoms with Gasteiger partial charge in [-0.1, -0.05) is 66.4 Å². The van der Waals surface area contributed by atoms with Gasteiger partial charge in [-0.05, 0) is 50.2 Å². The molecule has 0 N–H and O–H groups in total. The van der Waals surface area contributed by atoms with Crippen LogP contribution in [0, 0.1) is 12.8 Å². The van der Waals surface area contributed by atoms with Crippen LogP contribution >= 0.6 is 11.8 Å². The molecular formula is C25H30N4OS. The van der Waals surface area contributed by atoms with Gasteiger partial charge in [-0.25, -0.2) is 0 Å². The molecule has 4 rings (SSSR count). The van der Waals surface area contributed by atoms with Gasteiger partial charge in [0.25, 0.3) is 0 Å². The van der Waals surface area contributed by atoms with Crippen molar-refractivity contribution in [3.8, 4) is 11.4 Å². The first-order chi connectivity index (χ1) is 15.2. The molecule has 3 aromatic rings. The van der Waals surface area contributed by atoms with Crippen molar-refractivity contribution in [2.45, 2.75) is 44.8 Å². The number of hydrogen-bond donors (Lipinski definition) is 0. The zero-order valence-corrected chi connectivity index (χ0v) is 19.1. The third kappa shape index (κ3) is 5.18. The summed E-state index contributed by atoms with van der Waals surface area (Å²) in [7, 11) is 0. The van der Waals surface area contributed by atoms with Crippen LogP contribution in [-0.4, -0.2) is 44.4 Å². The molecule has 1 fully saturated rings. The molecule has 0 atom stereocenters. The second kappa shape index (κ2) is 10.1. The number of likely N-dealkylation sites (tertiary alicyclic amines) is 1. The Kier molecular flexibility index (Phi) is 7.07. The molecular weight excluding hydrogens is 404 g/mol. The Morgan fingerprint density at radius 3 is 2.45 bits per heavy atom. The normalized spacial score (nSPS) is 14.7. The van der Waals surface area contributed by atoms with Crippen LogP contribution in [0.3, 0.4) is 0 Å². The number of aryl methyl sites for hydroxylation is 1. The van der Waals surface area contributed by atoms with Crippen LogP contribution in [0.5, 0.6) is 0 Å². The van der Waals surface area contributed by atoms with E-state index in [0.29, 0.717) is 11.7 Å². The SMILES string of the molecule is CCn1c(SCC(=O)N2CCC(Cc3ccccc3)CC2)nnc1-c1ccccc1C. The fourth-order valence-corrected chi connectivity index (χ4v) is 5.16. The first-order valence-corrected chi connectivity index (χ1v) is 12.1. The Morgan fingerprint density at radius 2 is 1.74 bits per heavy atom. The summed E-state index contributed by atoms with van der Waals surface area (Å²) < 4.78 is 2.10. The minimum atomic E-state index is 0.200. The molecule has 0 unspecified atom stereocenters. The van der Waals surface area contributed by atoms with Crippen molar-refractivity contribution in [1.29, 1.82) is 0 Å². The summed E-state index contributed by atoms with van der Waals surface area (Å²) in [6.07, 6.45) is 3.26. The Balaban J connectivity index is 1.32. The highest BCUT2D eigenvalue weighted by molar-refractivity contribution is 7.99. The lowest BCUT2D eigenvalue weighted by atomic mass is 9.90. The molecule has 1 aromatic heterocycles. The van der Waals surface area contributed by atoms with E-state index in [0.717, 1.165) is 55.4 Å². The summed E-state index contributed by atoms with van der Waals surface area (Å²) in [6.45, 7) is 6.66. The molecule has 0 radical (unpaired) electrons. The summed E-state index contributed by atoms with van der Waals surface area (Å²) in [4.78, 5) is 14.8. The molecule has 1 aliphatic rings. The molecule has 1 aliphatic heterocycles. The van der Waals surface area contributed by atoms with Crippen molar-refractivity contribution in [3.63, 3.8) is 0 Å². The number of nitrogens with zero attached hydrogens (tertiary/aromatic N) is 4. The van der Waals surface area contributed by atoms with Crippen molar-refractivity contribution in [1.82, 2.24) is 19.7 Å². The highest BCUT2D eigenvalue weighted by Gasteiger charge is 2.24. The summed E-state index contributed by atoms with van der Waals surface area (Å²) in [6, 6.07) is 18.9. The number of carbonyl (C=O) groups is 1. The number of carbonyl (C=O) groups excluding carboxylic acids is 1. The average Bonchev–Trinajstić information content (AvgIpc) is 3.21. The van der Waals surface area contributed by atoms with Gasteiger partial charge in [0.2, 0.25) is 5.91 Å². The van der Waals surface area contributed by atoms with E-state index in [2.05, 4.69) is 71.1 Å². The molecule has 0 spiro atoms. The zero-order chi connectivity index (χ0) is 21.6. The number of aromatic nitrogens is 3. The number of piperidine rings is 1. The molecule has 0 saturated carbocycles. The summed E-state index contributed by atoms with van der Waals surface area (Å²) in [5.74, 6) is 2.15. The van der Waals surface area contributed by atoms with Crippen molar-refractivity contribution in [2.75, 3.05) is 18.8 Å². The summed E-state index contributed by atoms with van der Waals surface area (Å²) in [5.41, 5.74) is 3.66. The van der Waals surface area contributed by atoms with E-state index in [1.807, 2.05) is 17.0 Å². The second-order valence-corrected chi connectivity index (χ2v) is 9.11. The van der Waals surface area contributed by atoms with Crippen molar-refractivity contribution >= 4 is 17.7 Å². The van der Waals surface area contributed by atoms with Gasteiger partial charge in [0.15, 0.2) is 11.0 Å². The van der Waals surface area contributed by atoms with E-state index >= 15 is 0 Å². The maximum absolute atomic E-state index is 12.8. The predicted molar refractivity (Wildman–Crippen MR) is 126 cm³/mol. The topological polar surface area (TPSA) is 51.0 Å². The molecule has 2 heterocycles. The van der Waals surface area contributed by atoms with Gasteiger partial charge in [-0.15, -0.1) is 10.2 Å². The Labute approximate surface area is 188 Å². The minimum absolute atomic E-state index is 0.200. The third-order valence-electron chi connectivity index (χ3n) is 6.08. The minimum Gasteiger partial charge on any atom is -0.342 e. The number of benzene rings is 2. The quantitative estimate of drug-likeness (QED) is 0.499. The van der Waals surface area contributed by atoms with Crippen LogP contribution in [0.15, 0.2) is 59.8 Å². The van der Waals surface area contributed by atoms with Crippen LogP contribution in [-0.2, 0) is 17.8 Å². The lowest BCUT2D eigenvalue weighted by Gasteiger charge is -2.32. The monoisotopic (exact) mass is 434 g/mol. The Morgan fingerprint density at radius 1 is 1.03 bits per heavy atom. The van der Waals surface area contributed by atoms with Gasteiger partial charge >= 0.3 is 0 Å². The van der Waals surface area contributed by atoms with Crippen molar-refractivity contribution in [3.05, 3.63) is 65.7 Å². The Bertz CT molecular complexity index is 1010. The van der Waals surface area contributed by atoms with E-state index in [4.69, 9.17) is 0 Å². The van der Waals surface area contributed by atoms with E-state index < -0.39 is 0 Å². The van der Waals surface area contributed by atoms with Crippen LogP contribution < -0.4 is 0 Å². The molecule has 5 nitrogen and oxygen atoms in total. The zero-order valence-electron chi connectivity index (χ0n) is 18.3. The number of thioether (sulfide) groups is 1. The van der Waals surface area contributed by atoms with Gasteiger partial charge in [-0.3, -0.25) is 4.79 Å². The molecule has 31 heavy (non-hydrogen) atoms. The molecule has 1 saturated heterocycles. The molecule has 2 aromatic carbocycles. The number of hydrogen-bond acceptors (Lipinski definition) is 4. The lowest BCUT2D eigenvalue weighted by Crippen LogP contribution is -2.39. The standard InChI is InChI=1S/C25H30N4OS/c1-3-29-24(22-12-8-7-9-19(22)2)26-27-25(29)31-18-23(30)28-15-13-21(14-16-28)17-20-10-5-4-6-11-20/h4-12,21H,3,13-18H2,1-2H3. The van der Waals surface area contributed by atoms with Gasteiger partial charge in [0.05, 0.1) is 5.75 Å². The van der Waals surface area contributed by atoms with Gasteiger partial charge in [0.1, 0.15) is 0 Å². The van der Waals surface area contributed by atoms with Crippen LogP contribution in [0.4, 0.5) is 0 Å². The van der Waals surface area contributed by atoms with Gasteiger partial charge < -0.3 is 9.47 Å². The van der Waals surface area contributed by atoms with Crippen LogP contribution in [0.25, 0.3) is 11.4 Å². The second-order valence-electron chi connectivity index (χ2n) is 8.17. The van der Waals surface area contributed by atoms with Crippen LogP contribution in [0.2, 0.25) is 0 Å². The maximum atomic E-state index is 12.8. The number of amides is 1. The highest BCUT2D eigenvalue weighted by atomic mass is 32.2. The highest BCUT2D eigenvalue weighted by Crippen LogP contribution is 2.27. The third-order valence-corrected chi connectivity index (χ3v) is 7.03. The first kappa shape index (κ1) is 21.6. The molecule has 1 amide bonds. The fourth-order valence-electron chi connectivity index (χ4n) is 4.26. The van der Waals surface area contributed by atoms with E-state index in [9.17, 15) is 4.79 Å². The van der Waals surface area contributed by atoms with Crippen LogP contribution in [0.1, 0.15) is 30.9 Å². The average molecular weight is 435 g/mol. The largest absolute Gasteiger partial charge is 0.342 e. The molecule has 6 heteroatoms. The summed E-state index contributed by atoms with van der Waals surface area (Å²) >= 11 is 1.50. The van der Waals surface area contributed by atoms with E-state index in [-0.39, 0.29) is 5.91 Å². The first-order valence-electron chi connectivity index (χ1n) is 11.1.